The van der Waals surface area contributed by atoms with Crippen molar-refractivity contribution in [2.45, 2.75) is 12.5 Å². The van der Waals surface area contributed by atoms with Crippen LogP contribution in [0.2, 0.25) is 0 Å². The number of para-hydroxylation sites is 1. The van der Waals surface area contributed by atoms with E-state index < -0.39 is 12.0 Å². The van der Waals surface area contributed by atoms with Crippen LogP contribution in [0.25, 0.3) is 10.9 Å². The Hall–Kier alpha value is -2.83. The first kappa shape index (κ1) is 15.1. The van der Waals surface area contributed by atoms with E-state index in [0.29, 0.717) is 18.7 Å². The Morgan fingerprint density at radius 1 is 1.35 bits per heavy atom. The van der Waals surface area contributed by atoms with E-state index in [1.807, 2.05) is 24.3 Å². The van der Waals surface area contributed by atoms with Crippen LogP contribution in [-0.2, 0) is 14.3 Å². The summed E-state index contributed by atoms with van der Waals surface area (Å²) in [5.74, 6) is -1.13. The summed E-state index contributed by atoms with van der Waals surface area (Å²) in [6, 6.07) is 6.60. The molecule has 2 amide bonds. The maximum absolute atomic E-state index is 12.9. The highest BCUT2D eigenvalue weighted by molar-refractivity contribution is 6.08. The second kappa shape index (κ2) is 6.12. The number of rotatable bonds is 3. The molecule has 1 aromatic heterocycles. The van der Waals surface area contributed by atoms with E-state index in [2.05, 4.69) is 15.0 Å². The maximum atomic E-state index is 12.9. The number of esters is 1. The summed E-state index contributed by atoms with van der Waals surface area (Å²) >= 11 is 0. The number of hydrogen-bond acceptors (Lipinski definition) is 4. The SMILES string of the molecule is COC(=O)CC1C(=O)NCCN1C(=O)c1c[nH]c2ccccc12. The van der Waals surface area contributed by atoms with Gasteiger partial charge >= 0.3 is 5.97 Å². The summed E-state index contributed by atoms with van der Waals surface area (Å²) in [5.41, 5.74) is 1.34. The summed E-state index contributed by atoms with van der Waals surface area (Å²) in [6.07, 6.45) is 1.48. The largest absolute Gasteiger partial charge is 0.469 e. The molecule has 0 saturated carbocycles. The van der Waals surface area contributed by atoms with Gasteiger partial charge in [0.15, 0.2) is 0 Å². The van der Waals surface area contributed by atoms with E-state index >= 15 is 0 Å². The zero-order valence-corrected chi connectivity index (χ0v) is 12.7. The molecule has 1 unspecified atom stereocenters. The molecule has 2 aromatic rings. The molecule has 2 heterocycles. The third-order valence-electron chi connectivity index (χ3n) is 4.00. The van der Waals surface area contributed by atoms with Crippen molar-refractivity contribution in [3.63, 3.8) is 0 Å². The molecule has 0 aliphatic carbocycles. The van der Waals surface area contributed by atoms with Crippen molar-refractivity contribution in [1.82, 2.24) is 15.2 Å². The van der Waals surface area contributed by atoms with Gasteiger partial charge in [0.05, 0.1) is 19.1 Å². The van der Waals surface area contributed by atoms with Gasteiger partial charge in [0.2, 0.25) is 5.91 Å². The molecule has 1 atom stereocenters. The predicted octanol–water partition coefficient (Wildman–Crippen LogP) is 0.672. The van der Waals surface area contributed by atoms with Crippen LogP contribution in [-0.4, -0.2) is 53.9 Å². The van der Waals surface area contributed by atoms with Crippen molar-refractivity contribution in [2.75, 3.05) is 20.2 Å². The van der Waals surface area contributed by atoms with E-state index in [1.165, 1.54) is 12.0 Å². The summed E-state index contributed by atoms with van der Waals surface area (Å²) in [4.78, 5) is 41.0. The molecule has 7 nitrogen and oxygen atoms in total. The molecule has 1 aliphatic heterocycles. The fraction of sp³-hybridized carbons (Fsp3) is 0.312. The molecule has 0 bridgehead atoms. The number of aromatic nitrogens is 1. The lowest BCUT2D eigenvalue weighted by Crippen LogP contribution is -2.57. The van der Waals surface area contributed by atoms with Gasteiger partial charge < -0.3 is 19.9 Å². The number of methoxy groups -OCH3 is 1. The van der Waals surface area contributed by atoms with Gasteiger partial charge in [0.1, 0.15) is 6.04 Å². The molecule has 0 spiro atoms. The molecule has 3 rings (SSSR count). The van der Waals surface area contributed by atoms with Gasteiger partial charge in [0.25, 0.3) is 5.91 Å². The summed E-state index contributed by atoms with van der Waals surface area (Å²) in [7, 11) is 1.26. The normalized spacial score (nSPS) is 17.9. The second-order valence-electron chi connectivity index (χ2n) is 5.33. The third kappa shape index (κ3) is 2.77. The van der Waals surface area contributed by atoms with Crippen LogP contribution in [0.5, 0.6) is 0 Å². The van der Waals surface area contributed by atoms with Crippen LogP contribution in [0, 0.1) is 0 Å². The lowest BCUT2D eigenvalue weighted by Gasteiger charge is -2.34. The number of nitrogens with one attached hydrogen (secondary N) is 2. The number of fused-ring (bicyclic) bond motifs is 1. The van der Waals surface area contributed by atoms with Crippen molar-refractivity contribution in [2.24, 2.45) is 0 Å². The van der Waals surface area contributed by atoms with Crippen LogP contribution in [0.1, 0.15) is 16.8 Å². The minimum absolute atomic E-state index is 0.156. The minimum Gasteiger partial charge on any atom is -0.469 e. The molecule has 1 fully saturated rings. The first-order chi connectivity index (χ1) is 11.1. The Balaban J connectivity index is 1.92. The maximum Gasteiger partial charge on any atom is 0.308 e. The van der Waals surface area contributed by atoms with Crippen LogP contribution < -0.4 is 5.32 Å². The highest BCUT2D eigenvalue weighted by atomic mass is 16.5. The average Bonchev–Trinajstić information content (AvgIpc) is 3.00. The number of hydrogen-bond donors (Lipinski definition) is 2. The topological polar surface area (TPSA) is 91.5 Å². The fourth-order valence-corrected chi connectivity index (χ4v) is 2.81. The number of carbonyl (C=O) groups is 3. The molecular weight excluding hydrogens is 298 g/mol. The van der Waals surface area contributed by atoms with Gasteiger partial charge in [-0.15, -0.1) is 0 Å². The van der Waals surface area contributed by atoms with Crippen LogP contribution in [0.4, 0.5) is 0 Å². The van der Waals surface area contributed by atoms with Crippen molar-refractivity contribution in [1.29, 1.82) is 0 Å². The summed E-state index contributed by atoms with van der Waals surface area (Å²) < 4.78 is 4.63. The standard InChI is InChI=1S/C16H17N3O4/c1-23-14(20)8-13-15(21)17-6-7-19(13)16(22)11-9-18-12-5-3-2-4-10(11)12/h2-5,9,13,18H,6-8H2,1H3,(H,17,21). The zero-order chi connectivity index (χ0) is 16.4. The number of amides is 2. The number of H-pyrrole nitrogens is 1. The fourth-order valence-electron chi connectivity index (χ4n) is 2.81. The molecule has 23 heavy (non-hydrogen) atoms. The molecule has 2 N–H and O–H groups in total. The van der Waals surface area contributed by atoms with Crippen LogP contribution >= 0.6 is 0 Å². The highest BCUT2D eigenvalue weighted by Gasteiger charge is 2.36. The Kier molecular flexibility index (Phi) is 4.01. The lowest BCUT2D eigenvalue weighted by atomic mass is 10.1. The van der Waals surface area contributed by atoms with Gasteiger partial charge in [-0.1, -0.05) is 18.2 Å². The molecule has 120 valence electrons. The number of ether oxygens (including phenoxy) is 1. The van der Waals surface area contributed by atoms with Crippen LogP contribution in [0.15, 0.2) is 30.5 Å². The first-order valence-corrected chi connectivity index (χ1v) is 7.33. The third-order valence-corrected chi connectivity index (χ3v) is 4.00. The van der Waals surface area contributed by atoms with Gasteiger partial charge in [-0.25, -0.2) is 0 Å². The van der Waals surface area contributed by atoms with E-state index in [9.17, 15) is 14.4 Å². The first-order valence-electron chi connectivity index (χ1n) is 7.33. The van der Waals surface area contributed by atoms with E-state index in [-0.39, 0.29) is 18.2 Å². The van der Waals surface area contributed by atoms with E-state index in [0.717, 1.165) is 10.9 Å². The lowest BCUT2D eigenvalue weighted by molar-refractivity contribution is -0.145. The van der Waals surface area contributed by atoms with Gasteiger partial charge in [-0.2, -0.15) is 0 Å². The van der Waals surface area contributed by atoms with Gasteiger partial charge in [0, 0.05) is 30.2 Å². The molecule has 1 saturated heterocycles. The molecule has 0 radical (unpaired) electrons. The quantitative estimate of drug-likeness (QED) is 0.815. The number of piperazine rings is 1. The average molecular weight is 315 g/mol. The number of benzene rings is 1. The molecule has 7 heteroatoms. The van der Waals surface area contributed by atoms with Crippen molar-refractivity contribution in [3.8, 4) is 0 Å². The Morgan fingerprint density at radius 3 is 2.91 bits per heavy atom. The zero-order valence-electron chi connectivity index (χ0n) is 12.7. The Morgan fingerprint density at radius 2 is 2.13 bits per heavy atom. The van der Waals surface area contributed by atoms with Crippen molar-refractivity contribution in [3.05, 3.63) is 36.0 Å². The molecular formula is C16H17N3O4. The summed E-state index contributed by atoms with van der Waals surface area (Å²) in [5, 5.41) is 3.47. The Labute approximate surface area is 132 Å². The van der Waals surface area contributed by atoms with Gasteiger partial charge in [-0.05, 0) is 6.07 Å². The molecule has 1 aromatic carbocycles. The minimum atomic E-state index is -0.850. The smallest absolute Gasteiger partial charge is 0.308 e. The monoisotopic (exact) mass is 315 g/mol. The van der Waals surface area contributed by atoms with E-state index in [4.69, 9.17) is 0 Å². The van der Waals surface area contributed by atoms with E-state index in [1.54, 1.807) is 6.20 Å². The Bertz CT molecular complexity index is 768. The van der Waals surface area contributed by atoms with Gasteiger partial charge in [-0.3, -0.25) is 14.4 Å². The highest BCUT2D eigenvalue weighted by Crippen LogP contribution is 2.22. The number of carbonyl (C=O) groups excluding carboxylic acids is 3. The van der Waals surface area contributed by atoms with Crippen LogP contribution in [0.3, 0.4) is 0 Å². The molecule has 1 aliphatic rings. The van der Waals surface area contributed by atoms with Crippen molar-refractivity contribution < 1.29 is 19.1 Å². The van der Waals surface area contributed by atoms with Crippen molar-refractivity contribution >= 4 is 28.7 Å². The predicted molar refractivity (Wildman–Crippen MR) is 82.8 cm³/mol. The number of aromatic amines is 1. The second-order valence-corrected chi connectivity index (χ2v) is 5.33. The summed E-state index contributed by atoms with van der Waals surface area (Å²) in [6.45, 7) is 0.719. The number of nitrogens with zero attached hydrogens (tertiary/aromatic N) is 1.